The van der Waals surface area contributed by atoms with E-state index in [1.165, 1.54) is 0 Å². The lowest BCUT2D eigenvalue weighted by atomic mass is 10.0. The fraction of sp³-hybridized carbons (Fsp3) is 0.647. The highest BCUT2D eigenvalue weighted by atomic mass is 32.2. The maximum atomic E-state index is 10.1. The van der Waals surface area contributed by atoms with E-state index in [1.54, 1.807) is 0 Å². The van der Waals surface area contributed by atoms with Gasteiger partial charge in [-0.25, -0.2) is 9.67 Å². The zero-order valence-electron chi connectivity index (χ0n) is 14.1. The Bertz CT molecular complexity index is 721. The van der Waals surface area contributed by atoms with Crippen LogP contribution in [0.1, 0.15) is 29.8 Å². The Kier molecular flexibility index (Phi) is 4.40. The van der Waals surface area contributed by atoms with Crippen molar-refractivity contribution in [2.45, 2.75) is 38.8 Å². The Labute approximate surface area is 145 Å². The molecule has 2 saturated heterocycles. The molecular formula is C17H23N3O3S. The lowest BCUT2D eigenvalue weighted by Crippen LogP contribution is -2.23. The van der Waals surface area contributed by atoms with E-state index in [9.17, 15) is 5.11 Å². The van der Waals surface area contributed by atoms with Gasteiger partial charge in [0.15, 0.2) is 5.82 Å². The summed E-state index contributed by atoms with van der Waals surface area (Å²) in [6.07, 6.45) is 1.41. The number of ether oxygens (including phenoxy) is 1. The Morgan fingerprint density at radius 3 is 2.88 bits per heavy atom. The van der Waals surface area contributed by atoms with Crippen molar-refractivity contribution in [2.24, 2.45) is 5.92 Å². The van der Waals surface area contributed by atoms with Gasteiger partial charge in [0, 0.05) is 18.1 Å². The van der Waals surface area contributed by atoms with E-state index in [-0.39, 0.29) is 5.92 Å². The number of hydrogen-bond acceptors (Lipinski definition) is 6. The van der Waals surface area contributed by atoms with Crippen LogP contribution in [0.3, 0.4) is 0 Å². The lowest BCUT2D eigenvalue weighted by Gasteiger charge is -2.15. The molecule has 2 aromatic heterocycles. The summed E-state index contributed by atoms with van der Waals surface area (Å²) in [5.41, 5.74) is 0.960. The highest BCUT2D eigenvalue weighted by molar-refractivity contribution is 7.99. The molecule has 0 aliphatic carbocycles. The first kappa shape index (κ1) is 16.2. The number of thioether (sulfide) groups is 1. The molecule has 4 rings (SSSR count). The molecule has 130 valence electrons. The Morgan fingerprint density at radius 1 is 1.38 bits per heavy atom. The van der Waals surface area contributed by atoms with Crippen molar-refractivity contribution < 1.29 is 14.3 Å². The molecule has 0 amide bonds. The van der Waals surface area contributed by atoms with Crippen molar-refractivity contribution in [3.05, 3.63) is 23.4 Å². The molecule has 3 atom stereocenters. The molecule has 6 nitrogen and oxygen atoms in total. The van der Waals surface area contributed by atoms with Crippen LogP contribution in [0.15, 0.2) is 10.5 Å². The van der Waals surface area contributed by atoms with Gasteiger partial charge in [-0.05, 0) is 32.1 Å². The molecule has 0 radical (unpaired) electrons. The SMILES string of the molecule is Cc1cc(-c2nc(C[C@@H]3COC[C@H]3O)n(C3CCSC3)n2)c(C)o1. The van der Waals surface area contributed by atoms with Gasteiger partial charge in [-0.1, -0.05) is 0 Å². The molecule has 2 aliphatic heterocycles. The fourth-order valence-corrected chi connectivity index (χ4v) is 4.67. The van der Waals surface area contributed by atoms with Crippen molar-refractivity contribution >= 4 is 11.8 Å². The predicted octanol–water partition coefficient (Wildman–Crippen LogP) is 2.38. The maximum absolute atomic E-state index is 10.1. The van der Waals surface area contributed by atoms with Crippen molar-refractivity contribution in [3.8, 4) is 11.4 Å². The van der Waals surface area contributed by atoms with E-state index in [4.69, 9.17) is 19.2 Å². The quantitative estimate of drug-likeness (QED) is 0.914. The normalized spacial score (nSPS) is 27.2. The van der Waals surface area contributed by atoms with Crippen molar-refractivity contribution in [3.63, 3.8) is 0 Å². The van der Waals surface area contributed by atoms with Crippen LogP contribution in [0.4, 0.5) is 0 Å². The topological polar surface area (TPSA) is 73.3 Å². The summed E-state index contributed by atoms with van der Waals surface area (Å²) < 4.78 is 13.1. The molecule has 2 aromatic rings. The minimum absolute atomic E-state index is 0.0991. The Morgan fingerprint density at radius 2 is 2.25 bits per heavy atom. The summed E-state index contributed by atoms with van der Waals surface area (Å²) in [5, 5.41) is 14.9. The molecule has 0 saturated carbocycles. The number of aliphatic hydroxyl groups excluding tert-OH is 1. The average Bonchev–Trinajstić information content (AvgIpc) is 3.29. The Hall–Kier alpha value is -1.31. The smallest absolute Gasteiger partial charge is 0.184 e. The first-order valence-corrected chi connectivity index (χ1v) is 9.63. The molecule has 2 aliphatic rings. The largest absolute Gasteiger partial charge is 0.466 e. The number of aliphatic hydroxyl groups is 1. The van der Waals surface area contributed by atoms with Gasteiger partial charge >= 0.3 is 0 Å². The van der Waals surface area contributed by atoms with Crippen molar-refractivity contribution in [1.82, 2.24) is 14.8 Å². The minimum Gasteiger partial charge on any atom is -0.466 e. The number of furan rings is 1. The third-order valence-corrected chi connectivity index (χ3v) is 5.99. The van der Waals surface area contributed by atoms with E-state index in [0.717, 1.165) is 46.7 Å². The summed E-state index contributed by atoms with van der Waals surface area (Å²) in [6.45, 7) is 4.90. The van der Waals surface area contributed by atoms with Crippen molar-refractivity contribution in [2.75, 3.05) is 24.7 Å². The van der Waals surface area contributed by atoms with Crippen LogP contribution >= 0.6 is 11.8 Å². The average molecular weight is 349 g/mol. The van der Waals surface area contributed by atoms with Gasteiger partial charge < -0.3 is 14.3 Å². The second-order valence-corrected chi connectivity index (χ2v) is 7.86. The molecule has 1 unspecified atom stereocenters. The van der Waals surface area contributed by atoms with Crippen LogP contribution in [0.2, 0.25) is 0 Å². The van der Waals surface area contributed by atoms with Crippen LogP contribution in [0.5, 0.6) is 0 Å². The summed E-state index contributed by atoms with van der Waals surface area (Å²) in [7, 11) is 0. The number of nitrogens with zero attached hydrogens (tertiary/aromatic N) is 3. The van der Waals surface area contributed by atoms with Gasteiger partial charge in [-0.15, -0.1) is 0 Å². The van der Waals surface area contributed by atoms with Gasteiger partial charge in [0.1, 0.15) is 17.3 Å². The van der Waals surface area contributed by atoms with Crippen LogP contribution in [0, 0.1) is 19.8 Å². The van der Waals surface area contributed by atoms with Crippen LogP contribution < -0.4 is 0 Å². The van der Waals surface area contributed by atoms with Gasteiger partial charge in [0.25, 0.3) is 0 Å². The zero-order chi connectivity index (χ0) is 16.7. The molecule has 2 fully saturated rings. The monoisotopic (exact) mass is 349 g/mol. The number of rotatable bonds is 4. The summed E-state index contributed by atoms with van der Waals surface area (Å²) in [5.74, 6) is 5.73. The Balaban J connectivity index is 1.68. The van der Waals surface area contributed by atoms with Crippen LogP contribution in [-0.2, 0) is 11.2 Å². The molecule has 24 heavy (non-hydrogen) atoms. The minimum atomic E-state index is -0.408. The molecule has 4 heterocycles. The van der Waals surface area contributed by atoms with Crippen molar-refractivity contribution in [1.29, 1.82) is 0 Å². The first-order chi connectivity index (χ1) is 11.6. The highest BCUT2D eigenvalue weighted by Gasteiger charge is 2.31. The van der Waals surface area contributed by atoms with E-state index >= 15 is 0 Å². The van der Waals surface area contributed by atoms with E-state index < -0.39 is 6.10 Å². The standard InChI is InChI=1S/C17H23N3O3S/c1-10-5-14(11(2)23-10)17-18-16(6-12-7-22-8-15(12)21)20(19-17)13-3-4-24-9-13/h5,12-13,15,21H,3-4,6-9H2,1-2H3/t12-,13?,15-/m1/s1. The molecule has 0 aromatic carbocycles. The number of aromatic nitrogens is 3. The second-order valence-electron chi connectivity index (χ2n) is 6.71. The zero-order valence-corrected chi connectivity index (χ0v) is 14.9. The second kappa shape index (κ2) is 6.54. The highest BCUT2D eigenvalue weighted by Crippen LogP contribution is 2.32. The van der Waals surface area contributed by atoms with Crippen LogP contribution in [-0.4, -0.2) is 50.7 Å². The summed E-state index contributed by atoms with van der Waals surface area (Å²) >= 11 is 1.96. The summed E-state index contributed by atoms with van der Waals surface area (Å²) in [6, 6.07) is 2.38. The number of aryl methyl sites for hydroxylation is 2. The predicted molar refractivity (Wildman–Crippen MR) is 92.2 cm³/mol. The molecule has 0 spiro atoms. The van der Waals surface area contributed by atoms with Crippen LogP contribution in [0.25, 0.3) is 11.4 Å². The maximum Gasteiger partial charge on any atom is 0.184 e. The number of hydrogen-bond donors (Lipinski definition) is 1. The summed E-state index contributed by atoms with van der Waals surface area (Å²) in [4.78, 5) is 4.81. The van der Waals surface area contributed by atoms with Gasteiger partial charge in [-0.2, -0.15) is 16.9 Å². The van der Waals surface area contributed by atoms with E-state index in [0.29, 0.717) is 25.7 Å². The third-order valence-electron chi connectivity index (χ3n) is 4.84. The molecule has 1 N–H and O–H groups in total. The molecule has 0 bridgehead atoms. The van der Waals surface area contributed by atoms with Gasteiger partial charge in [0.05, 0.1) is 30.9 Å². The first-order valence-electron chi connectivity index (χ1n) is 8.48. The van der Waals surface area contributed by atoms with E-state index in [1.807, 2.05) is 31.7 Å². The molecule has 7 heteroatoms. The molecular weight excluding hydrogens is 326 g/mol. The lowest BCUT2D eigenvalue weighted by molar-refractivity contribution is 0.118. The third kappa shape index (κ3) is 3.00. The van der Waals surface area contributed by atoms with Gasteiger partial charge in [0.2, 0.25) is 0 Å². The van der Waals surface area contributed by atoms with Gasteiger partial charge in [-0.3, -0.25) is 0 Å². The fourth-order valence-electron chi connectivity index (χ4n) is 3.49. The van der Waals surface area contributed by atoms with E-state index in [2.05, 4.69) is 4.68 Å².